The van der Waals surface area contributed by atoms with Gasteiger partial charge in [-0.05, 0) is 38.7 Å². The standard InChI is InChI=1S/C15H21N3O3.ClH/c1-10-5-3-7-13(14(10)18(20)21)15(19)17-8-4-6-12(9-17)11(2)16;/h3,5,7,11-12H,4,6,8-9,16H2,1-2H3;1H. The lowest BCUT2D eigenvalue weighted by Gasteiger charge is -2.34. The molecule has 0 bridgehead atoms. The summed E-state index contributed by atoms with van der Waals surface area (Å²) >= 11 is 0. The van der Waals surface area contributed by atoms with E-state index in [0.29, 0.717) is 18.7 Å². The Morgan fingerprint density at radius 2 is 2.18 bits per heavy atom. The molecule has 0 saturated carbocycles. The third-order valence-corrected chi connectivity index (χ3v) is 4.14. The number of nitro groups is 1. The van der Waals surface area contributed by atoms with Gasteiger partial charge in [0, 0.05) is 24.7 Å². The third kappa shape index (κ3) is 3.75. The molecule has 1 heterocycles. The van der Waals surface area contributed by atoms with Gasteiger partial charge in [0.2, 0.25) is 0 Å². The molecule has 1 amide bonds. The van der Waals surface area contributed by atoms with Crippen LogP contribution in [0.5, 0.6) is 0 Å². The highest BCUT2D eigenvalue weighted by molar-refractivity contribution is 5.98. The number of carbonyl (C=O) groups excluding carboxylic acids is 1. The van der Waals surface area contributed by atoms with E-state index in [2.05, 4.69) is 0 Å². The van der Waals surface area contributed by atoms with Gasteiger partial charge in [0.25, 0.3) is 11.6 Å². The molecule has 2 atom stereocenters. The van der Waals surface area contributed by atoms with Crippen molar-refractivity contribution >= 4 is 24.0 Å². The SMILES string of the molecule is Cc1cccc(C(=O)N2CCCC(C(C)N)C2)c1[N+](=O)[O-].Cl. The Hall–Kier alpha value is -1.66. The van der Waals surface area contributed by atoms with E-state index in [1.807, 2.05) is 6.92 Å². The summed E-state index contributed by atoms with van der Waals surface area (Å²) < 4.78 is 0. The number of nitrogens with two attached hydrogens (primary N) is 1. The zero-order chi connectivity index (χ0) is 15.6. The molecule has 1 saturated heterocycles. The molecular weight excluding hydrogens is 306 g/mol. The van der Waals surface area contributed by atoms with Gasteiger partial charge in [-0.25, -0.2) is 0 Å². The number of likely N-dealkylation sites (tertiary alicyclic amines) is 1. The molecule has 1 aliphatic rings. The van der Waals surface area contributed by atoms with Crippen LogP contribution in [0.1, 0.15) is 35.7 Å². The average Bonchev–Trinajstić information content (AvgIpc) is 2.45. The van der Waals surface area contributed by atoms with E-state index >= 15 is 0 Å². The molecule has 2 unspecified atom stereocenters. The summed E-state index contributed by atoms with van der Waals surface area (Å²) in [5.41, 5.74) is 6.51. The molecule has 1 aliphatic heterocycles. The van der Waals surface area contributed by atoms with E-state index in [1.54, 1.807) is 24.0 Å². The number of para-hydroxylation sites is 1. The minimum absolute atomic E-state index is 0. The lowest BCUT2D eigenvalue weighted by molar-refractivity contribution is -0.385. The summed E-state index contributed by atoms with van der Waals surface area (Å²) in [6.07, 6.45) is 1.88. The maximum Gasteiger partial charge on any atom is 0.285 e. The zero-order valence-electron chi connectivity index (χ0n) is 12.8. The molecule has 7 heteroatoms. The molecule has 1 aromatic carbocycles. The summed E-state index contributed by atoms with van der Waals surface area (Å²) in [6, 6.07) is 4.88. The monoisotopic (exact) mass is 327 g/mol. The normalized spacial score (nSPS) is 19.2. The van der Waals surface area contributed by atoms with Crippen molar-refractivity contribution in [1.82, 2.24) is 4.90 Å². The molecule has 0 radical (unpaired) electrons. The zero-order valence-corrected chi connectivity index (χ0v) is 13.6. The minimum Gasteiger partial charge on any atom is -0.338 e. The van der Waals surface area contributed by atoms with Crippen molar-refractivity contribution < 1.29 is 9.72 Å². The second-order valence-corrected chi connectivity index (χ2v) is 5.74. The Morgan fingerprint density at radius 1 is 1.50 bits per heavy atom. The molecular formula is C15H22ClN3O3. The number of piperidine rings is 1. The number of hydrogen-bond acceptors (Lipinski definition) is 4. The van der Waals surface area contributed by atoms with Gasteiger partial charge in [-0.2, -0.15) is 0 Å². The summed E-state index contributed by atoms with van der Waals surface area (Å²) in [4.78, 5) is 25.1. The average molecular weight is 328 g/mol. The minimum atomic E-state index is -0.477. The number of rotatable bonds is 3. The van der Waals surface area contributed by atoms with Crippen molar-refractivity contribution in [3.05, 3.63) is 39.4 Å². The second-order valence-electron chi connectivity index (χ2n) is 5.74. The van der Waals surface area contributed by atoms with Crippen LogP contribution >= 0.6 is 12.4 Å². The fourth-order valence-electron chi connectivity index (χ4n) is 2.87. The first-order valence-electron chi connectivity index (χ1n) is 7.20. The smallest absolute Gasteiger partial charge is 0.285 e. The number of aryl methyl sites for hydroxylation is 1. The first kappa shape index (κ1) is 18.4. The van der Waals surface area contributed by atoms with Gasteiger partial charge >= 0.3 is 0 Å². The molecule has 2 N–H and O–H groups in total. The van der Waals surface area contributed by atoms with E-state index in [9.17, 15) is 14.9 Å². The van der Waals surface area contributed by atoms with Gasteiger partial charge in [-0.1, -0.05) is 12.1 Å². The highest BCUT2D eigenvalue weighted by atomic mass is 35.5. The van der Waals surface area contributed by atoms with Gasteiger partial charge in [-0.3, -0.25) is 14.9 Å². The van der Waals surface area contributed by atoms with Gasteiger partial charge in [0.15, 0.2) is 0 Å². The number of benzene rings is 1. The van der Waals surface area contributed by atoms with Crippen molar-refractivity contribution in [2.75, 3.05) is 13.1 Å². The number of halogens is 1. The van der Waals surface area contributed by atoms with Crippen molar-refractivity contribution in [3.8, 4) is 0 Å². The van der Waals surface area contributed by atoms with Crippen LogP contribution in [-0.2, 0) is 0 Å². The van der Waals surface area contributed by atoms with Crippen molar-refractivity contribution in [2.24, 2.45) is 11.7 Å². The van der Waals surface area contributed by atoms with Crippen LogP contribution in [-0.4, -0.2) is 34.9 Å². The second kappa shape index (κ2) is 7.56. The number of carbonyl (C=O) groups is 1. The van der Waals surface area contributed by atoms with Crippen LogP contribution < -0.4 is 5.73 Å². The van der Waals surface area contributed by atoms with E-state index in [-0.39, 0.29) is 41.5 Å². The lowest BCUT2D eigenvalue weighted by Crippen LogP contribution is -2.45. The van der Waals surface area contributed by atoms with E-state index in [1.165, 1.54) is 6.07 Å². The summed E-state index contributed by atoms with van der Waals surface area (Å²) in [7, 11) is 0. The van der Waals surface area contributed by atoms with Crippen molar-refractivity contribution in [3.63, 3.8) is 0 Å². The van der Waals surface area contributed by atoms with Gasteiger partial charge in [0.05, 0.1) is 4.92 Å². The van der Waals surface area contributed by atoms with Crippen molar-refractivity contribution in [2.45, 2.75) is 32.7 Å². The maximum absolute atomic E-state index is 12.6. The molecule has 0 aliphatic carbocycles. The Balaban J connectivity index is 0.00000242. The van der Waals surface area contributed by atoms with Gasteiger partial charge in [-0.15, -0.1) is 12.4 Å². The summed E-state index contributed by atoms with van der Waals surface area (Å²) in [6.45, 7) is 4.79. The fourth-order valence-corrected chi connectivity index (χ4v) is 2.87. The predicted octanol–water partition coefficient (Wildman–Crippen LogP) is 2.52. The molecule has 2 rings (SSSR count). The Bertz CT molecular complexity index is 563. The third-order valence-electron chi connectivity index (χ3n) is 4.14. The predicted molar refractivity (Wildman–Crippen MR) is 87.4 cm³/mol. The fraction of sp³-hybridized carbons (Fsp3) is 0.533. The molecule has 1 fully saturated rings. The maximum atomic E-state index is 12.6. The number of hydrogen-bond donors (Lipinski definition) is 1. The van der Waals surface area contributed by atoms with Gasteiger partial charge in [0.1, 0.15) is 5.56 Å². The highest BCUT2D eigenvalue weighted by Gasteiger charge is 2.30. The number of nitrogens with zero attached hydrogens (tertiary/aromatic N) is 2. The topological polar surface area (TPSA) is 89.5 Å². The molecule has 1 aromatic rings. The molecule has 122 valence electrons. The van der Waals surface area contributed by atoms with Crippen LogP contribution in [0.25, 0.3) is 0 Å². The molecule has 22 heavy (non-hydrogen) atoms. The van der Waals surface area contributed by atoms with E-state index in [0.717, 1.165) is 12.8 Å². The van der Waals surface area contributed by atoms with Crippen LogP contribution in [0.15, 0.2) is 18.2 Å². The highest BCUT2D eigenvalue weighted by Crippen LogP contribution is 2.27. The van der Waals surface area contributed by atoms with E-state index < -0.39 is 4.92 Å². The Morgan fingerprint density at radius 3 is 2.77 bits per heavy atom. The Kier molecular flexibility index (Phi) is 6.32. The van der Waals surface area contributed by atoms with Crippen LogP contribution in [0.2, 0.25) is 0 Å². The Labute approximate surface area is 136 Å². The largest absolute Gasteiger partial charge is 0.338 e. The molecule has 0 aromatic heterocycles. The molecule has 0 spiro atoms. The summed E-state index contributed by atoms with van der Waals surface area (Å²) in [5, 5.41) is 11.2. The van der Waals surface area contributed by atoms with Crippen LogP contribution in [0.4, 0.5) is 5.69 Å². The quantitative estimate of drug-likeness (QED) is 0.682. The number of amides is 1. The summed E-state index contributed by atoms with van der Waals surface area (Å²) in [5.74, 6) is -0.0117. The first-order valence-corrected chi connectivity index (χ1v) is 7.20. The number of nitro benzene ring substituents is 1. The first-order chi connectivity index (χ1) is 9.91. The lowest BCUT2D eigenvalue weighted by atomic mass is 9.91. The van der Waals surface area contributed by atoms with Gasteiger partial charge < -0.3 is 10.6 Å². The molecule has 6 nitrogen and oxygen atoms in total. The van der Waals surface area contributed by atoms with E-state index in [4.69, 9.17) is 5.73 Å². The van der Waals surface area contributed by atoms with Crippen molar-refractivity contribution in [1.29, 1.82) is 0 Å². The van der Waals surface area contributed by atoms with Crippen LogP contribution in [0.3, 0.4) is 0 Å². The van der Waals surface area contributed by atoms with Crippen LogP contribution in [0, 0.1) is 23.0 Å².